The number of carbonyl (C=O) groups is 1. The molecule has 1 aliphatic rings. The van der Waals surface area contributed by atoms with Crippen molar-refractivity contribution in [3.05, 3.63) is 35.6 Å². The van der Waals surface area contributed by atoms with Crippen LogP contribution in [0.15, 0.2) is 24.3 Å². The van der Waals surface area contributed by atoms with Crippen LogP contribution < -0.4 is 11.1 Å². The fourth-order valence-electron chi connectivity index (χ4n) is 2.92. The lowest BCUT2D eigenvalue weighted by Crippen LogP contribution is -2.39. The quantitative estimate of drug-likeness (QED) is 0.843. The Labute approximate surface area is 124 Å². The van der Waals surface area contributed by atoms with Gasteiger partial charge in [0, 0.05) is 19.1 Å². The molecule has 0 aliphatic carbocycles. The molecule has 1 saturated heterocycles. The molecule has 3 atom stereocenters. The molecule has 2 rings (SSSR count). The number of hydrogen-bond donors (Lipinski definition) is 2. The minimum atomic E-state index is -0.598. The van der Waals surface area contributed by atoms with Crippen molar-refractivity contribution < 1.29 is 13.9 Å². The minimum absolute atomic E-state index is 0.208. The van der Waals surface area contributed by atoms with E-state index >= 15 is 0 Å². The van der Waals surface area contributed by atoms with E-state index in [0.29, 0.717) is 23.9 Å². The van der Waals surface area contributed by atoms with Crippen molar-refractivity contribution >= 4 is 5.91 Å². The summed E-state index contributed by atoms with van der Waals surface area (Å²) < 4.78 is 18.7. The van der Waals surface area contributed by atoms with Crippen molar-refractivity contribution in [1.29, 1.82) is 0 Å². The Morgan fingerprint density at radius 1 is 1.43 bits per heavy atom. The Balaban J connectivity index is 2.00. The van der Waals surface area contributed by atoms with Crippen LogP contribution in [0.4, 0.5) is 4.39 Å². The van der Waals surface area contributed by atoms with Gasteiger partial charge in [-0.1, -0.05) is 26.0 Å². The van der Waals surface area contributed by atoms with Crippen LogP contribution in [-0.2, 0) is 9.53 Å². The summed E-state index contributed by atoms with van der Waals surface area (Å²) in [6, 6.07) is 5.25. The lowest BCUT2D eigenvalue weighted by molar-refractivity contribution is -0.120. The molecule has 0 bridgehead atoms. The van der Waals surface area contributed by atoms with Crippen LogP contribution in [0.5, 0.6) is 0 Å². The highest BCUT2D eigenvalue weighted by molar-refractivity contribution is 5.81. The molecule has 0 unspecified atom stereocenters. The Morgan fingerprint density at radius 2 is 2.10 bits per heavy atom. The third-order valence-electron chi connectivity index (χ3n) is 3.99. The number of ether oxygens (including phenoxy) is 1. The summed E-state index contributed by atoms with van der Waals surface area (Å²) in [4.78, 5) is 11.6. The Morgan fingerprint density at radius 3 is 2.67 bits per heavy atom. The lowest BCUT2D eigenvalue weighted by atomic mass is 9.92. The molecular formula is C16H23FN2O2. The third-order valence-corrected chi connectivity index (χ3v) is 3.99. The van der Waals surface area contributed by atoms with Crippen LogP contribution in [-0.4, -0.2) is 25.2 Å². The zero-order valence-corrected chi connectivity index (χ0v) is 12.5. The molecule has 21 heavy (non-hydrogen) atoms. The molecule has 0 radical (unpaired) electrons. The van der Waals surface area contributed by atoms with Gasteiger partial charge in [-0.05, 0) is 30.0 Å². The number of amides is 1. The fraction of sp³-hybridized carbons (Fsp3) is 0.562. The maximum atomic E-state index is 13.0. The average molecular weight is 294 g/mol. The summed E-state index contributed by atoms with van der Waals surface area (Å²) in [6.45, 7) is 5.68. The van der Waals surface area contributed by atoms with E-state index in [-0.39, 0.29) is 11.9 Å². The zero-order chi connectivity index (χ0) is 15.4. The molecular weight excluding hydrogens is 271 g/mol. The summed E-state index contributed by atoms with van der Waals surface area (Å²) in [7, 11) is 0. The van der Waals surface area contributed by atoms with Gasteiger partial charge in [-0.25, -0.2) is 4.39 Å². The minimum Gasteiger partial charge on any atom is -0.378 e. The number of benzene rings is 1. The first-order chi connectivity index (χ1) is 9.99. The van der Waals surface area contributed by atoms with Crippen molar-refractivity contribution in [3.63, 3.8) is 0 Å². The standard InChI is InChI=1S/C16H23FN2O2/c1-10(2)15-12(7-8-21-15)9-19-14(16(18)20)11-3-5-13(17)6-4-11/h3-6,10,12,14-15,19H,7-9H2,1-2H3,(H2,18,20)/t12-,14+,15-/m1/s1. The first-order valence-corrected chi connectivity index (χ1v) is 7.38. The van der Waals surface area contributed by atoms with Crippen molar-refractivity contribution in [2.24, 2.45) is 17.6 Å². The van der Waals surface area contributed by atoms with Crippen LogP contribution in [0.1, 0.15) is 31.9 Å². The Kier molecular flexibility index (Phi) is 5.31. The van der Waals surface area contributed by atoms with Gasteiger partial charge in [0.25, 0.3) is 0 Å². The number of primary amides is 1. The molecule has 4 nitrogen and oxygen atoms in total. The molecule has 3 N–H and O–H groups in total. The van der Waals surface area contributed by atoms with Crippen molar-refractivity contribution in [2.45, 2.75) is 32.4 Å². The number of hydrogen-bond acceptors (Lipinski definition) is 3. The van der Waals surface area contributed by atoms with Crippen molar-refractivity contribution in [3.8, 4) is 0 Å². The normalized spacial score (nSPS) is 23.4. The molecule has 1 heterocycles. The maximum absolute atomic E-state index is 13.0. The zero-order valence-electron chi connectivity index (χ0n) is 12.5. The van der Waals surface area contributed by atoms with E-state index < -0.39 is 11.9 Å². The van der Waals surface area contributed by atoms with Gasteiger partial charge in [-0.3, -0.25) is 4.79 Å². The SMILES string of the molecule is CC(C)[C@H]1OCC[C@@H]1CN[C@H](C(N)=O)c1ccc(F)cc1. The highest BCUT2D eigenvalue weighted by atomic mass is 19.1. The van der Waals surface area contributed by atoms with Gasteiger partial charge in [0.1, 0.15) is 11.9 Å². The summed E-state index contributed by atoms with van der Waals surface area (Å²) in [5.74, 6) is 0.0251. The van der Waals surface area contributed by atoms with E-state index in [1.165, 1.54) is 12.1 Å². The summed E-state index contributed by atoms with van der Waals surface area (Å²) in [6.07, 6.45) is 1.18. The van der Waals surface area contributed by atoms with Gasteiger partial charge in [-0.2, -0.15) is 0 Å². The molecule has 1 aliphatic heterocycles. The second-order valence-electron chi connectivity index (χ2n) is 5.92. The number of nitrogens with two attached hydrogens (primary N) is 1. The first-order valence-electron chi connectivity index (χ1n) is 7.38. The van der Waals surface area contributed by atoms with Crippen LogP contribution in [0.25, 0.3) is 0 Å². The van der Waals surface area contributed by atoms with Crippen molar-refractivity contribution in [2.75, 3.05) is 13.2 Å². The topological polar surface area (TPSA) is 64.3 Å². The largest absolute Gasteiger partial charge is 0.378 e. The smallest absolute Gasteiger partial charge is 0.239 e. The number of carbonyl (C=O) groups excluding carboxylic acids is 1. The summed E-state index contributed by atoms with van der Waals surface area (Å²) >= 11 is 0. The average Bonchev–Trinajstić information content (AvgIpc) is 2.89. The number of rotatable bonds is 6. The molecule has 0 saturated carbocycles. The molecule has 1 aromatic carbocycles. The van der Waals surface area contributed by atoms with Crippen LogP contribution in [0.2, 0.25) is 0 Å². The van der Waals surface area contributed by atoms with Gasteiger partial charge >= 0.3 is 0 Å². The highest BCUT2D eigenvalue weighted by Crippen LogP contribution is 2.27. The number of halogens is 1. The van der Waals surface area contributed by atoms with Crippen LogP contribution in [0, 0.1) is 17.7 Å². The third kappa shape index (κ3) is 4.02. The number of nitrogens with one attached hydrogen (secondary N) is 1. The monoisotopic (exact) mass is 294 g/mol. The molecule has 0 spiro atoms. The van der Waals surface area contributed by atoms with E-state index in [2.05, 4.69) is 19.2 Å². The van der Waals surface area contributed by atoms with Crippen LogP contribution in [0.3, 0.4) is 0 Å². The first kappa shape index (κ1) is 15.9. The molecule has 5 heteroatoms. The molecule has 116 valence electrons. The summed E-state index contributed by atoms with van der Waals surface area (Å²) in [5, 5.41) is 3.20. The Bertz CT molecular complexity index is 476. The fourth-order valence-corrected chi connectivity index (χ4v) is 2.92. The van der Waals surface area contributed by atoms with Gasteiger partial charge in [0.2, 0.25) is 5.91 Å². The van der Waals surface area contributed by atoms with Gasteiger partial charge < -0.3 is 15.8 Å². The highest BCUT2D eigenvalue weighted by Gasteiger charge is 2.31. The van der Waals surface area contributed by atoms with Crippen molar-refractivity contribution in [1.82, 2.24) is 5.32 Å². The van der Waals surface area contributed by atoms with E-state index in [4.69, 9.17) is 10.5 Å². The molecule has 1 amide bonds. The molecule has 0 aromatic heterocycles. The van der Waals surface area contributed by atoms with Gasteiger partial charge in [-0.15, -0.1) is 0 Å². The Hall–Kier alpha value is -1.46. The second-order valence-corrected chi connectivity index (χ2v) is 5.92. The second kappa shape index (κ2) is 7.00. The molecule has 1 fully saturated rings. The summed E-state index contributed by atoms with van der Waals surface area (Å²) in [5.41, 5.74) is 6.14. The van der Waals surface area contributed by atoms with E-state index in [1.807, 2.05) is 0 Å². The van der Waals surface area contributed by atoms with Gasteiger partial charge in [0.05, 0.1) is 6.10 Å². The van der Waals surface area contributed by atoms with E-state index in [0.717, 1.165) is 13.0 Å². The van der Waals surface area contributed by atoms with E-state index in [9.17, 15) is 9.18 Å². The maximum Gasteiger partial charge on any atom is 0.239 e. The van der Waals surface area contributed by atoms with E-state index in [1.54, 1.807) is 12.1 Å². The van der Waals surface area contributed by atoms with Gasteiger partial charge in [0.15, 0.2) is 0 Å². The predicted molar refractivity (Wildman–Crippen MR) is 79.0 cm³/mol. The molecule has 1 aromatic rings. The van der Waals surface area contributed by atoms with Crippen LogP contribution >= 0.6 is 0 Å². The lowest BCUT2D eigenvalue weighted by Gasteiger charge is -2.24. The predicted octanol–water partition coefficient (Wildman–Crippen LogP) is 2.00.